The molecule has 134 valence electrons. The second-order valence-electron chi connectivity index (χ2n) is 7.44. The van der Waals surface area contributed by atoms with Crippen LogP contribution in [0, 0.1) is 10.1 Å². The molecule has 0 spiro atoms. The molecule has 0 radical (unpaired) electrons. The Morgan fingerprint density at radius 1 is 1.12 bits per heavy atom. The van der Waals surface area contributed by atoms with Crippen LogP contribution in [-0.4, -0.2) is 57.5 Å². The minimum atomic E-state index is -0.548. The first-order valence-electron chi connectivity index (χ1n) is 8.21. The summed E-state index contributed by atoms with van der Waals surface area (Å²) in [5.74, 6) is -0.161. The number of piperazine rings is 1. The molecule has 8 nitrogen and oxygen atoms in total. The van der Waals surface area contributed by atoms with Gasteiger partial charge in [-0.2, -0.15) is 0 Å². The van der Waals surface area contributed by atoms with E-state index in [0.29, 0.717) is 18.7 Å². The number of amides is 2. The molecule has 1 aromatic carbocycles. The zero-order valence-electron chi connectivity index (χ0n) is 14.5. The van der Waals surface area contributed by atoms with Crippen molar-refractivity contribution >= 4 is 17.7 Å². The SMILES string of the molecule is CC(C)(C)OC(=O)N1CC2CC1CN2C(=O)c1ccc([N+](=O)[O-])cc1. The Kier molecular flexibility index (Phi) is 4.14. The van der Waals surface area contributed by atoms with Crippen LogP contribution < -0.4 is 0 Å². The lowest BCUT2D eigenvalue weighted by molar-refractivity contribution is -0.384. The first kappa shape index (κ1) is 17.2. The Bertz CT molecular complexity index is 710. The van der Waals surface area contributed by atoms with E-state index in [4.69, 9.17) is 4.74 Å². The van der Waals surface area contributed by atoms with Crippen LogP contribution in [0.3, 0.4) is 0 Å². The van der Waals surface area contributed by atoms with E-state index in [1.54, 1.807) is 9.80 Å². The molecule has 2 aliphatic rings. The summed E-state index contributed by atoms with van der Waals surface area (Å²) in [6, 6.07) is 5.52. The Balaban J connectivity index is 1.65. The fraction of sp³-hybridized carbons (Fsp3) is 0.529. The fourth-order valence-electron chi connectivity index (χ4n) is 3.35. The molecular formula is C17H21N3O5. The smallest absolute Gasteiger partial charge is 0.410 e. The molecule has 0 saturated carbocycles. The number of nitro benzene ring substituents is 1. The van der Waals surface area contributed by atoms with Crippen molar-refractivity contribution in [1.82, 2.24) is 9.80 Å². The molecule has 2 heterocycles. The van der Waals surface area contributed by atoms with E-state index in [1.807, 2.05) is 20.8 Å². The topological polar surface area (TPSA) is 93.0 Å². The third-order valence-corrected chi connectivity index (χ3v) is 4.45. The van der Waals surface area contributed by atoms with Crippen LogP contribution in [0.5, 0.6) is 0 Å². The second-order valence-corrected chi connectivity index (χ2v) is 7.44. The summed E-state index contributed by atoms with van der Waals surface area (Å²) in [7, 11) is 0. The number of hydrogen-bond acceptors (Lipinski definition) is 5. The number of fused-ring (bicyclic) bond motifs is 2. The van der Waals surface area contributed by atoms with Crippen LogP contribution in [0.4, 0.5) is 10.5 Å². The third kappa shape index (κ3) is 3.42. The van der Waals surface area contributed by atoms with Gasteiger partial charge in [-0.15, -0.1) is 0 Å². The average Bonchev–Trinajstić information content (AvgIpc) is 3.13. The van der Waals surface area contributed by atoms with Gasteiger partial charge in [-0.25, -0.2) is 4.79 Å². The van der Waals surface area contributed by atoms with E-state index in [9.17, 15) is 19.7 Å². The highest BCUT2D eigenvalue weighted by atomic mass is 16.6. The van der Waals surface area contributed by atoms with Crippen molar-refractivity contribution in [3.8, 4) is 0 Å². The highest BCUT2D eigenvalue weighted by Crippen LogP contribution is 2.33. The molecule has 2 aliphatic heterocycles. The van der Waals surface area contributed by atoms with Crippen LogP contribution in [-0.2, 0) is 4.74 Å². The van der Waals surface area contributed by atoms with E-state index in [-0.39, 0.29) is 29.8 Å². The summed E-state index contributed by atoms with van der Waals surface area (Å²) in [5.41, 5.74) is -0.176. The lowest BCUT2D eigenvalue weighted by Gasteiger charge is -2.35. The Labute approximate surface area is 145 Å². The quantitative estimate of drug-likeness (QED) is 0.605. The molecule has 3 rings (SSSR count). The summed E-state index contributed by atoms with van der Waals surface area (Å²) >= 11 is 0. The van der Waals surface area contributed by atoms with Gasteiger partial charge in [0.2, 0.25) is 0 Å². The van der Waals surface area contributed by atoms with Crippen molar-refractivity contribution in [2.24, 2.45) is 0 Å². The zero-order valence-corrected chi connectivity index (χ0v) is 14.5. The van der Waals surface area contributed by atoms with Gasteiger partial charge >= 0.3 is 6.09 Å². The molecule has 2 atom stereocenters. The zero-order chi connectivity index (χ0) is 18.4. The Morgan fingerprint density at radius 2 is 1.68 bits per heavy atom. The number of carbonyl (C=O) groups is 2. The lowest BCUT2D eigenvalue weighted by Crippen LogP contribution is -2.51. The highest BCUT2D eigenvalue weighted by Gasteiger charge is 2.48. The summed E-state index contributed by atoms with van der Waals surface area (Å²) in [6.07, 6.45) is 0.389. The van der Waals surface area contributed by atoms with E-state index in [2.05, 4.69) is 0 Å². The summed E-state index contributed by atoms with van der Waals surface area (Å²) in [6.45, 7) is 6.38. The normalized spacial score (nSPS) is 22.2. The van der Waals surface area contributed by atoms with Gasteiger partial charge in [-0.3, -0.25) is 14.9 Å². The summed E-state index contributed by atoms with van der Waals surface area (Å²) in [5, 5.41) is 10.7. The molecule has 1 aromatic rings. The maximum Gasteiger partial charge on any atom is 0.410 e. The lowest BCUT2D eigenvalue weighted by atomic mass is 10.1. The number of likely N-dealkylation sites (tertiary alicyclic amines) is 2. The average molecular weight is 347 g/mol. The van der Waals surface area contributed by atoms with E-state index < -0.39 is 10.5 Å². The molecule has 0 aromatic heterocycles. The van der Waals surface area contributed by atoms with Crippen LogP contribution in [0.25, 0.3) is 0 Å². The molecule has 2 amide bonds. The standard InChI is InChI=1S/C17H21N3O5/c1-17(2,3)25-16(22)19-10-13-8-14(19)9-18(13)15(21)11-4-6-12(7-5-11)20(23)24/h4-7,13-14H,8-10H2,1-3H3. The van der Waals surface area contributed by atoms with Gasteiger partial charge in [0.05, 0.1) is 17.0 Å². The van der Waals surface area contributed by atoms with E-state index in [1.165, 1.54) is 24.3 Å². The van der Waals surface area contributed by atoms with Crippen molar-refractivity contribution in [2.45, 2.75) is 44.9 Å². The van der Waals surface area contributed by atoms with E-state index >= 15 is 0 Å². The van der Waals surface area contributed by atoms with Gasteiger partial charge in [0.15, 0.2) is 0 Å². The van der Waals surface area contributed by atoms with Crippen LogP contribution >= 0.6 is 0 Å². The van der Waals surface area contributed by atoms with Crippen LogP contribution in [0.15, 0.2) is 24.3 Å². The van der Waals surface area contributed by atoms with Crippen molar-refractivity contribution in [3.05, 3.63) is 39.9 Å². The molecular weight excluding hydrogens is 326 g/mol. The molecule has 8 heteroatoms. The molecule has 0 N–H and O–H groups in total. The largest absolute Gasteiger partial charge is 0.444 e. The second kappa shape index (κ2) is 6.02. The Hall–Kier alpha value is -2.64. The van der Waals surface area contributed by atoms with Crippen molar-refractivity contribution in [1.29, 1.82) is 0 Å². The molecule has 25 heavy (non-hydrogen) atoms. The third-order valence-electron chi connectivity index (χ3n) is 4.45. The van der Waals surface area contributed by atoms with Gasteiger partial charge < -0.3 is 14.5 Å². The Morgan fingerprint density at radius 3 is 2.16 bits per heavy atom. The summed E-state index contributed by atoms with van der Waals surface area (Å²) in [4.78, 5) is 38.5. The number of ether oxygens (including phenoxy) is 1. The maximum absolute atomic E-state index is 12.6. The van der Waals surface area contributed by atoms with E-state index in [0.717, 1.165) is 6.42 Å². The fourth-order valence-corrected chi connectivity index (χ4v) is 3.35. The number of nitrogens with zero attached hydrogens (tertiary/aromatic N) is 3. The van der Waals surface area contributed by atoms with Crippen LogP contribution in [0.1, 0.15) is 37.6 Å². The number of benzene rings is 1. The monoisotopic (exact) mass is 347 g/mol. The number of carbonyl (C=O) groups excluding carboxylic acids is 2. The van der Waals surface area contributed by atoms with Gasteiger partial charge in [-0.05, 0) is 39.3 Å². The predicted octanol–water partition coefficient (Wildman–Crippen LogP) is 2.43. The molecule has 2 bridgehead atoms. The van der Waals surface area contributed by atoms with Crippen LogP contribution in [0.2, 0.25) is 0 Å². The number of nitro groups is 1. The number of hydrogen-bond donors (Lipinski definition) is 0. The van der Waals surface area contributed by atoms with Crippen molar-refractivity contribution in [3.63, 3.8) is 0 Å². The number of rotatable bonds is 2. The first-order chi connectivity index (χ1) is 11.7. The minimum absolute atomic E-state index is 0.0400. The predicted molar refractivity (Wildman–Crippen MR) is 89.3 cm³/mol. The molecule has 2 fully saturated rings. The molecule has 0 aliphatic carbocycles. The van der Waals surface area contributed by atoms with Crippen molar-refractivity contribution in [2.75, 3.05) is 13.1 Å². The first-order valence-corrected chi connectivity index (χ1v) is 8.21. The molecule has 2 saturated heterocycles. The van der Waals surface area contributed by atoms with Gasteiger partial charge in [0, 0.05) is 30.8 Å². The maximum atomic E-state index is 12.6. The highest BCUT2D eigenvalue weighted by molar-refractivity contribution is 5.95. The molecule has 2 unspecified atom stereocenters. The van der Waals surface area contributed by atoms with Crippen molar-refractivity contribution < 1.29 is 19.2 Å². The minimum Gasteiger partial charge on any atom is -0.444 e. The van der Waals surface area contributed by atoms with Gasteiger partial charge in [0.25, 0.3) is 11.6 Å². The van der Waals surface area contributed by atoms with Gasteiger partial charge in [-0.1, -0.05) is 0 Å². The number of non-ortho nitro benzene ring substituents is 1. The summed E-state index contributed by atoms with van der Waals surface area (Å²) < 4.78 is 5.41. The van der Waals surface area contributed by atoms with Gasteiger partial charge in [0.1, 0.15) is 5.60 Å².